The normalized spacial score (nSPS) is 13.2. The molecule has 2 aromatic rings. The Labute approximate surface area is 166 Å². The molecule has 0 aliphatic heterocycles. The highest BCUT2D eigenvalue weighted by Gasteiger charge is 2.43. The summed E-state index contributed by atoms with van der Waals surface area (Å²) in [7, 11) is -7.83. The Morgan fingerprint density at radius 1 is 0.897 bits per heavy atom. The Morgan fingerprint density at radius 2 is 1.41 bits per heavy atom. The summed E-state index contributed by atoms with van der Waals surface area (Å²) in [5, 5.41) is 2.19. The van der Waals surface area contributed by atoms with Gasteiger partial charge in [0.05, 0.1) is 15.4 Å². The van der Waals surface area contributed by atoms with Crippen LogP contribution in [-0.4, -0.2) is 33.7 Å². The monoisotopic (exact) mass is 449 g/mol. The summed E-state index contributed by atoms with van der Waals surface area (Å²) >= 11 is 0. The van der Waals surface area contributed by atoms with E-state index in [-0.39, 0.29) is 15.5 Å². The maximum Gasteiger partial charge on any atom is 0.416 e. The fourth-order valence-electron chi connectivity index (χ4n) is 2.34. The van der Waals surface area contributed by atoms with Crippen molar-refractivity contribution >= 4 is 31.3 Å². The molecule has 0 aromatic heterocycles. The van der Waals surface area contributed by atoms with Crippen LogP contribution in [0.5, 0.6) is 0 Å². The van der Waals surface area contributed by atoms with Gasteiger partial charge in [-0.05, 0) is 56.3 Å². The van der Waals surface area contributed by atoms with Crippen molar-refractivity contribution < 1.29 is 34.8 Å². The van der Waals surface area contributed by atoms with E-state index in [2.05, 4.69) is 5.32 Å². The van der Waals surface area contributed by atoms with Crippen LogP contribution in [0.2, 0.25) is 0 Å². The molecular weight excluding hydrogens is 431 g/mol. The number of benzene rings is 2. The van der Waals surface area contributed by atoms with Crippen LogP contribution in [0.4, 0.5) is 18.9 Å². The first-order valence-corrected chi connectivity index (χ1v) is 11.5. The van der Waals surface area contributed by atoms with Crippen LogP contribution < -0.4 is 5.32 Å². The van der Waals surface area contributed by atoms with Crippen molar-refractivity contribution in [3.05, 3.63) is 54.1 Å². The van der Waals surface area contributed by atoms with Crippen molar-refractivity contribution in [3.8, 4) is 0 Å². The molecule has 1 amide bonds. The van der Waals surface area contributed by atoms with E-state index in [9.17, 15) is 34.8 Å². The number of carbonyl (C=O) groups excluding carboxylic acids is 1. The van der Waals surface area contributed by atoms with Crippen LogP contribution >= 0.6 is 0 Å². The molecule has 0 unspecified atom stereocenters. The molecule has 2 rings (SSSR count). The van der Waals surface area contributed by atoms with Crippen LogP contribution in [0.1, 0.15) is 19.4 Å². The van der Waals surface area contributed by atoms with E-state index in [0.29, 0.717) is 6.07 Å². The molecule has 2 aromatic carbocycles. The predicted molar refractivity (Wildman–Crippen MR) is 101 cm³/mol. The highest BCUT2D eigenvalue weighted by Crippen LogP contribution is 2.32. The number of carbonyl (C=O) groups is 1. The molecule has 0 heterocycles. The molecule has 158 valence electrons. The third-order valence-corrected chi connectivity index (χ3v) is 7.78. The maximum atomic E-state index is 12.9. The lowest BCUT2D eigenvalue weighted by atomic mass is 10.1. The first kappa shape index (κ1) is 22.9. The van der Waals surface area contributed by atoms with Gasteiger partial charge < -0.3 is 5.32 Å². The minimum absolute atomic E-state index is 0.0947. The summed E-state index contributed by atoms with van der Waals surface area (Å²) in [6.07, 6.45) is -3.66. The van der Waals surface area contributed by atoms with Gasteiger partial charge in [0.15, 0.2) is 19.7 Å². The van der Waals surface area contributed by atoms with Gasteiger partial charge in [-0.3, -0.25) is 4.79 Å². The van der Waals surface area contributed by atoms with Crippen LogP contribution in [0.25, 0.3) is 0 Å². The molecule has 0 bridgehead atoms. The van der Waals surface area contributed by atoms with Crippen LogP contribution in [0.3, 0.4) is 0 Å². The first-order chi connectivity index (χ1) is 13.1. The number of hydrogen-bond acceptors (Lipinski definition) is 5. The quantitative estimate of drug-likeness (QED) is 0.756. The van der Waals surface area contributed by atoms with E-state index in [1.54, 1.807) is 0 Å². The van der Waals surface area contributed by atoms with E-state index in [1.807, 2.05) is 0 Å². The molecule has 11 heteroatoms. The highest BCUT2D eigenvalue weighted by molar-refractivity contribution is 7.93. The molecule has 0 aliphatic rings. The van der Waals surface area contributed by atoms with E-state index < -0.39 is 42.1 Å². The number of nitrogens with one attached hydrogen (secondary N) is 1. The molecule has 0 radical (unpaired) electrons. The van der Waals surface area contributed by atoms with Gasteiger partial charge in [-0.15, -0.1) is 0 Å². The van der Waals surface area contributed by atoms with Gasteiger partial charge in [0, 0.05) is 11.9 Å². The van der Waals surface area contributed by atoms with Crippen molar-refractivity contribution in [1.82, 2.24) is 0 Å². The topological polar surface area (TPSA) is 97.4 Å². The summed E-state index contributed by atoms with van der Waals surface area (Å²) in [5.41, 5.74) is -1.20. The summed E-state index contributed by atoms with van der Waals surface area (Å²) in [6, 6.07) is 8.13. The van der Waals surface area contributed by atoms with Crippen LogP contribution in [0.15, 0.2) is 58.3 Å². The second kappa shape index (κ2) is 7.45. The Bertz CT molecular complexity index is 1140. The van der Waals surface area contributed by atoms with Gasteiger partial charge in [-0.25, -0.2) is 16.8 Å². The first-order valence-electron chi connectivity index (χ1n) is 8.10. The van der Waals surface area contributed by atoms with E-state index in [4.69, 9.17) is 0 Å². The second-order valence-corrected chi connectivity index (χ2v) is 11.3. The fourth-order valence-corrected chi connectivity index (χ4v) is 4.35. The van der Waals surface area contributed by atoms with Gasteiger partial charge in [-0.2, -0.15) is 13.2 Å². The summed E-state index contributed by atoms with van der Waals surface area (Å²) in [4.78, 5) is 12.2. The Kier molecular flexibility index (Phi) is 5.88. The van der Waals surface area contributed by atoms with Crippen molar-refractivity contribution in [1.29, 1.82) is 0 Å². The van der Waals surface area contributed by atoms with Gasteiger partial charge in [0.2, 0.25) is 5.91 Å². The molecule has 0 fully saturated rings. The largest absolute Gasteiger partial charge is 0.416 e. The van der Waals surface area contributed by atoms with E-state index in [1.165, 1.54) is 6.07 Å². The SMILES string of the molecule is CC(C)(C(=O)Nc1cccc(C(F)(F)F)c1)S(=O)(=O)c1ccc(S(C)(=O)=O)cc1. The van der Waals surface area contributed by atoms with E-state index >= 15 is 0 Å². The number of halogens is 3. The van der Waals surface area contributed by atoms with Crippen LogP contribution in [-0.2, 0) is 30.6 Å². The van der Waals surface area contributed by atoms with Crippen molar-refractivity contribution in [2.75, 3.05) is 11.6 Å². The number of anilines is 1. The number of hydrogen-bond donors (Lipinski definition) is 1. The number of sulfone groups is 2. The lowest BCUT2D eigenvalue weighted by Gasteiger charge is -2.24. The van der Waals surface area contributed by atoms with Gasteiger partial charge in [0.1, 0.15) is 4.75 Å². The average Bonchev–Trinajstić information content (AvgIpc) is 2.60. The zero-order valence-electron chi connectivity index (χ0n) is 15.6. The average molecular weight is 449 g/mol. The van der Waals surface area contributed by atoms with E-state index in [0.717, 1.165) is 56.5 Å². The van der Waals surface area contributed by atoms with Gasteiger partial charge >= 0.3 is 6.18 Å². The third-order valence-electron chi connectivity index (χ3n) is 4.23. The Morgan fingerprint density at radius 3 is 1.90 bits per heavy atom. The molecule has 0 saturated heterocycles. The molecule has 6 nitrogen and oxygen atoms in total. The molecule has 0 atom stereocenters. The maximum absolute atomic E-state index is 12.9. The Balaban J connectivity index is 2.34. The van der Waals surface area contributed by atoms with Gasteiger partial charge in [0.25, 0.3) is 0 Å². The number of rotatable bonds is 5. The third kappa shape index (κ3) is 4.78. The molecule has 0 spiro atoms. The van der Waals surface area contributed by atoms with Crippen molar-refractivity contribution in [2.45, 2.75) is 34.6 Å². The highest BCUT2D eigenvalue weighted by atomic mass is 32.2. The van der Waals surface area contributed by atoms with Crippen LogP contribution in [0, 0.1) is 0 Å². The van der Waals surface area contributed by atoms with Gasteiger partial charge in [-0.1, -0.05) is 6.07 Å². The van der Waals surface area contributed by atoms with Crippen molar-refractivity contribution in [3.63, 3.8) is 0 Å². The zero-order valence-corrected chi connectivity index (χ0v) is 17.2. The lowest BCUT2D eigenvalue weighted by molar-refractivity contribution is -0.137. The number of alkyl halides is 3. The summed E-state index contributed by atoms with van der Waals surface area (Å²) in [6.45, 7) is 2.21. The smallest absolute Gasteiger partial charge is 0.325 e. The summed E-state index contributed by atoms with van der Waals surface area (Å²) < 4.78 is 85.2. The zero-order chi connectivity index (χ0) is 22.3. The number of amides is 1. The molecule has 29 heavy (non-hydrogen) atoms. The minimum atomic E-state index is -4.62. The standard InChI is InChI=1S/C18H18F3NO5S2/c1-17(2,16(23)22-13-6-4-5-12(11-13)18(19,20)21)29(26,27)15-9-7-14(8-10-15)28(3,24)25/h4-11H,1-3H3,(H,22,23). The molecule has 0 saturated carbocycles. The molecule has 1 N–H and O–H groups in total. The fraction of sp³-hybridized carbons (Fsp3) is 0.278. The molecule has 0 aliphatic carbocycles. The van der Waals surface area contributed by atoms with Crippen molar-refractivity contribution in [2.24, 2.45) is 0 Å². The summed E-state index contributed by atoms with van der Waals surface area (Å²) in [5.74, 6) is -1.04. The molecular formula is C18H18F3NO5S2. The second-order valence-electron chi connectivity index (χ2n) is 6.79. The minimum Gasteiger partial charge on any atom is -0.325 e. The predicted octanol–water partition coefficient (Wildman–Crippen LogP) is 3.30. The lowest BCUT2D eigenvalue weighted by Crippen LogP contribution is -2.44. The Hall–Kier alpha value is -2.40.